The van der Waals surface area contributed by atoms with E-state index in [0.717, 1.165) is 10.6 Å². The zero-order valence-electron chi connectivity index (χ0n) is 9.86. The second-order valence-corrected chi connectivity index (χ2v) is 3.90. The lowest BCUT2D eigenvalue weighted by atomic mass is 10.2. The van der Waals surface area contributed by atoms with Crippen molar-refractivity contribution in [2.45, 2.75) is 13.5 Å². The van der Waals surface area contributed by atoms with Gasteiger partial charge in [-0.2, -0.15) is 0 Å². The Morgan fingerprint density at radius 1 is 1.53 bits per heavy atom. The zero-order chi connectivity index (χ0) is 14.2. The first-order valence-electron chi connectivity index (χ1n) is 5.27. The highest BCUT2D eigenvalue weighted by Crippen LogP contribution is 2.16. The molecule has 2 rings (SSSR count). The number of nitro groups is 1. The topological polar surface area (TPSA) is 115 Å². The summed E-state index contributed by atoms with van der Waals surface area (Å²) in [4.78, 5) is 36.9. The number of benzene rings is 1. The molecule has 0 aliphatic rings. The summed E-state index contributed by atoms with van der Waals surface area (Å²) in [6, 6.07) is 3.71. The molecule has 1 N–H and O–H groups in total. The third kappa shape index (κ3) is 2.28. The van der Waals surface area contributed by atoms with Crippen LogP contribution in [0.1, 0.15) is 5.82 Å². The summed E-state index contributed by atoms with van der Waals surface area (Å²) in [7, 11) is 0. The van der Waals surface area contributed by atoms with Gasteiger partial charge in [-0.3, -0.25) is 24.3 Å². The van der Waals surface area contributed by atoms with Gasteiger partial charge in [0.25, 0.3) is 11.2 Å². The van der Waals surface area contributed by atoms with Crippen molar-refractivity contribution in [3.63, 3.8) is 0 Å². The summed E-state index contributed by atoms with van der Waals surface area (Å²) < 4.78 is 0.967. The van der Waals surface area contributed by atoms with Crippen molar-refractivity contribution in [1.82, 2.24) is 9.55 Å². The normalized spacial score (nSPS) is 10.6. The van der Waals surface area contributed by atoms with E-state index in [1.807, 2.05) is 0 Å². The molecule has 1 aromatic heterocycles. The number of nitro benzene ring substituents is 1. The van der Waals surface area contributed by atoms with Gasteiger partial charge in [0.2, 0.25) is 0 Å². The monoisotopic (exact) mass is 263 g/mol. The fourth-order valence-electron chi connectivity index (χ4n) is 1.75. The molecule has 0 fully saturated rings. The fraction of sp³-hybridized carbons (Fsp3) is 0.182. The number of nitrogens with zero attached hydrogens (tertiary/aromatic N) is 3. The first-order valence-corrected chi connectivity index (χ1v) is 5.27. The van der Waals surface area contributed by atoms with Crippen molar-refractivity contribution < 1.29 is 14.8 Å². The van der Waals surface area contributed by atoms with Crippen LogP contribution in [0, 0.1) is 17.0 Å². The molecule has 0 amide bonds. The molecule has 0 unspecified atom stereocenters. The molecule has 0 bridgehead atoms. The molecule has 0 saturated carbocycles. The van der Waals surface area contributed by atoms with Gasteiger partial charge in [0.05, 0.1) is 15.8 Å². The molecule has 2 aromatic rings. The average Bonchev–Trinajstić information content (AvgIpc) is 2.33. The van der Waals surface area contributed by atoms with E-state index in [1.165, 1.54) is 19.1 Å². The lowest BCUT2D eigenvalue weighted by molar-refractivity contribution is -0.384. The maximum Gasteiger partial charge on any atom is 0.323 e. The van der Waals surface area contributed by atoms with E-state index < -0.39 is 23.0 Å². The van der Waals surface area contributed by atoms with Crippen molar-refractivity contribution >= 4 is 22.6 Å². The molecular formula is C11H9N3O5. The highest BCUT2D eigenvalue weighted by atomic mass is 16.6. The van der Waals surface area contributed by atoms with E-state index in [2.05, 4.69) is 4.98 Å². The number of hydrogen-bond donors (Lipinski definition) is 1. The smallest absolute Gasteiger partial charge is 0.323 e. The number of aromatic nitrogens is 2. The summed E-state index contributed by atoms with van der Waals surface area (Å²) in [5.74, 6) is -0.939. The van der Waals surface area contributed by atoms with Crippen LogP contribution in [0.25, 0.3) is 10.9 Å². The van der Waals surface area contributed by atoms with Crippen LogP contribution < -0.4 is 5.56 Å². The zero-order valence-corrected chi connectivity index (χ0v) is 9.86. The van der Waals surface area contributed by atoms with Crippen LogP contribution in [0.3, 0.4) is 0 Å². The van der Waals surface area contributed by atoms with Gasteiger partial charge in [-0.05, 0) is 13.0 Å². The van der Waals surface area contributed by atoms with E-state index in [4.69, 9.17) is 5.11 Å². The van der Waals surface area contributed by atoms with Crippen LogP contribution >= 0.6 is 0 Å². The lowest BCUT2D eigenvalue weighted by Gasteiger charge is -2.07. The Labute approximate surface area is 106 Å². The standard InChI is InChI=1S/C11H9N3O5/c1-6-12-9-3-2-7(14(18)19)4-8(9)11(17)13(6)5-10(15)16/h2-4H,5H2,1H3,(H,15,16). The van der Waals surface area contributed by atoms with Gasteiger partial charge in [-0.1, -0.05) is 0 Å². The molecule has 8 nitrogen and oxygen atoms in total. The number of carboxylic acids is 1. The number of non-ortho nitro benzene ring substituents is 1. The summed E-state index contributed by atoms with van der Waals surface area (Å²) >= 11 is 0. The summed E-state index contributed by atoms with van der Waals surface area (Å²) in [6.45, 7) is 0.974. The molecule has 0 aliphatic heterocycles. The first kappa shape index (κ1) is 12.7. The minimum absolute atomic E-state index is 0.0288. The number of hydrogen-bond acceptors (Lipinski definition) is 5. The second kappa shape index (κ2) is 4.48. The number of aryl methyl sites for hydroxylation is 1. The summed E-state index contributed by atoms with van der Waals surface area (Å²) in [5.41, 5.74) is -0.541. The third-order valence-corrected chi connectivity index (χ3v) is 2.63. The Hall–Kier alpha value is -2.77. The van der Waals surface area contributed by atoms with Gasteiger partial charge < -0.3 is 5.11 Å². The highest BCUT2D eigenvalue weighted by Gasteiger charge is 2.14. The van der Waals surface area contributed by atoms with Gasteiger partial charge >= 0.3 is 5.97 Å². The Kier molecular flexibility index (Phi) is 2.99. The van der Waals surface area contributed by atoms with Crippen LogP contribution in [0.5, 0.6) is 0 Å². The number of aliphatic carboxylic acids is 1. The largest absolute Gasteiger partial charge is 0.480 e. The molecule has 0 aliphatic carbocycles. The van der Waals surface area contributed by atoms with Gasteiger partial charge in [-0.25, -0.2) is 4.98 Å². The number of fused-ring (bicyclic) bond motifs is 1. The van der Waals surface area contributed by atoms with Crippen LogP contribution in [-0.2, 0) is 11.3 Å². The Morgan fingerprint density at radius 2 is 2.21 bits per heavy atom. The van der Waals surface area contributed by atoms with E-state index in [0.29, 0.717) is 5.52 Å². The predicted molar refractivity (Wildman–Crippen MR) is 65.0 cm³/mol. The Balaban J connectivity index is 2.76. The van der Waals surface area contributed by atoms with Crippen molar-refractivity contribution in [1.29, 1.82) is 0 Å². The highest BCUT2D eigenvalue weighted by molar-refractivity contribution is 5.80. The van der Waals surface area contributed by atoms with Crippen molar-refractivity contribution in [2.24, 2.45) is 0 Å². The lowest BCUT2D eigenvalue weighted by Crippen LogP contribution is -2.27. The SMILES string of the molecule is Cc1nc2ccc([N+](=O)[O-])cc2c(=O)n1CC(=O)O. The maximum atomic E-state index is 12.1. The van der Waals surface area contributed by atoms with Gasteiger partial charge in [0.1, 0.15) is 12.4 Å². The minimum Gasteiger partial charge on any atom is -0.480 e. The molecule has 0 atom stereocenters. The molecule has 1 aromatic carbocycles. The molecule has 0 radical (unpaired) electrons. The quantitative estimate of drug-likeness (QED) is 0.643. The molecule has 98 valence electrons. The molecule has 8 heteroatoms. The molecule has 0 spiro atoms. The Morgan fingerprint density at radius 3 is 2.79 bits per heavy atom. The van der Waals surface area contributed by atoms with E-state index in [1.54, 1.807) is 0 Å². The predicted octanol–water partition coefficient (Wildman–Crippen LogP) is 0.698. The van der Waals surface area contributed by atoms with E-state index in [-0.39, 0.29) is 16.9 Å². The van der Waals surface area contributed by atoms with E-state index in [9.17, 15) is 19.7 Å². The van der Waals surface area contributed by atoms with Crippen molar-refractivity contribution in [3.05, 3.63) is 44.5 Å². The van der Waals surface area contributed by atoms with Gasteiger partial charge in [0.15, 0.2) is 0 Å². The number of carboxylic acid groups (broad SMARTS) is 1. The molecule has 1 heterocycles. The summed E-state index contributed by atoms with van der Waals surface area (Å²) in [6.07, 6.45) is 0. The van der Waals surface area contributed by atoms with Gasteiger partial charge in [0, 0.05) is 12.1 Å². The second-order valence-electron chi connectivity index (χ2n) is 3.90. The Bertz CT molecular complexity index is 750. The molecule has 19 heavy (non-hydrogen) atoms. The molecule has 0 saturated heterocycles. The number of rotatable bonds is 3. The van der Waals surface area contributed by atoms with Crippen molar-refractivity contribution in [3.8, 4) is 0 Å². The first-order chi connectivity index (χ1) is 8.90. The van der Waals surface area contributed by atoms with Crippen LogP contribution in [0.15, 0.2) is 23.0 Å². The maximum absolute atomic E-state index is 12.1. The van der Waals surface area contributed by atoms with Crippen molar-refractivity contribution in [2.75, 3.05) is 0 Å². The average molecular weight is 263 g/mol. The third-order valence-electron chi connectivity index (χ3n) is 2.63. The number of carbonyl (C=O) groups is 1. The molecular weight excluding hydrogens is 254 g/mol. The summed E-state index contributed by atoms with van der Waals surface area (Å²) in [5, 5.41) is 19.4. The van der Waals surface area contributed by atoms with E-state index >= 15 is 0 Å². The van der Waals surface area contributed by atoms with Crippen LogP contribution in [0.2, 0.25) is 0 Å². The minimum atomic E-state index is -1.18. The fourth-order valence-corrected chi connectivity index (χ4v) is 1.75. The van der Waals surface area contributed by atoms with Crippen LogP contribution in [0.4, 0.5) is 5.69 Å². The van der Waals surface area contributed by atoms with Gasteiger partial charge in [-0.15, -0.1) is 0 Å². The van der Waals surface area contributed by atoms with Crippen LogP contribution in [-0.4, -0.2) is 25.6 Å².